The second kappa shape index (κ2) is 4.06. The molecule has 1 heterocycles. The van der Waals surface area contributed by atoms with E-state index in [4.69, 9.17) is 11.6 Å². The molecule has 1 fully saturated rings. The van der Waals surface area contributed by atoms with E-state index >= 15 is 0 Å². The zero-order valence-corrected chi connectivity index (χ0v) is 8.90. The van der Waals surface area contributed by atoms with Gasteiger partial charge in [0.25, 0.3) is 5.92 Å². The van der Waals surface area contributed by atoms with Crippen molar-refractivity contribution in [2.24, 2.45) is 0 Å². The lowest BCUT2D eigenvalue weighted by Gasteiger charge is -2.30. The van der Waals surface area contributed by atoms with Crippen LogP contribution in [0.25, 0.3) is 0 Å². The summed E-state index contributed by atoms with van der Waals surface area (Å²) in [5.74, 6) is -2.57. The van der Waals surface area contributed by atoms with E-state index in [2.05, 4.69) is 5.32 Å². The lowest BCUT2D eigenvalue weighted by atomic mass is 9.95. The summed E-state index contributed by atoms with van der Waals surface area (Å²) in [6, 6.07) is 6.80. The van der Waals surface area contributed by atoms with Gasteiger partial charge in [-0.25, -0.2) is 8.78 Å². The molecule has 0 spiro atoms. The van der Waals surface area contributed by atoms with E-state index in [-0.39, 0.29) is 18.9 Å². The van der Waals surface area contributed by atoms with E-state index in [1.54, 1.807) is 18.2 Å². The molecule has 0 radical (unpaired) electrons. The third-order valence-corrected chi connectivity index (χ3v) is 3.01. The lowest BCUT2D eigenvalue weighted by Crippen LogP contribution is -2.38. The number of nitrogens with one attached hydrogen (secondary N) is 1. The zero-order chi connectivity index (χ0) is 10.9. The van der Waals surface area contributed by atoms with Crippen molar-refractivity contribution in [1.82, 2.24) is 5.32 Å². The van der Waals surface area contributed by atoms with Crippen LogP contribution >= 0.6 is 11.6 Å². The SMILES string of the molecule is FC1(F)CCNC(c2ccccc2Cl)C1. The fourth-order valence-corrected chi connectivity index (χ4v) is 2.15. The molecule has 0 aromatic heterocycles. The average molecular weight is 232 g/mol. The van der Waals surface area contributed by atoms with Gasteiger partial charge in [0.15, 0.2) is 0 Å². The molecule has 0 amide bonds. The largest absolute Gasteiger partial charge is 0.309 e. The maximum Gasteiger partial charge on any atom is 0.251 e. The van der Waals surface area contributed by atoms with Gasteiger partial charge >= 0.3 is 0 Å². The van der Waals surface area contributed by atoms with Crippen molar-refractivity contribution in [1.29, 1.82) is 0 Å². The van der Waals surface area contributed by atoms with Gasteiger partial charge < -0.3 is 5.32 Å². The fourth-order valence-electron chi connectivity index (χ4n) is 1.88. The number of halogens is 3. The van der Waals surface area contributed by atoms with Gasteiger partial charge in [-0.2, -0.15) is 0 Å². The first-order valence-electron chi connectivity index (χ1n) is 4.94. The fraction of sp³-hybridized carbons (Fsp3) is 0.455. The summed E-state index contributed by atoms with van der Waals surface area (Å²) in [5, 5.41) is 3.62. The summed E-state index contributed by atoms with van der Waals surface area (Å²) >= 11 is 5.97. The highest BCUT2D eigenvalue weighted by Crippen LogP contribution is 2.36. The van der Waals surface area contributed by atoms with Crippen LogP contribution in [0, 0.1) is 0 Å². The van der Waals surface area contributed by atoms with Crippen molar-refractivity contribution < 1.29 is 8.78 Å². The van der Waals surface area contributed by atoms with Gasteiger partial charge in [0, 0.05) is 30.5 Å². The van der Waals surface area contributed by atoms with E-state index in [0.29, 0.717) is 11.6 Å². The predicted molar refractivity (Wildman–Crippen MR) is 56.4 cm³/mol. The Morgan fingerprint density at radius 2 is 2.07 bits per heavy atom. The number of rotatable bonds is 1. The maximum atomic E-state index is 13.2. The number of hydrogen-bond acceptors (Lipinski definition) is 1. The molecule has 1 saturated heterocycles. The van der Waals surface area contributed by atoms with Gasteiger partial charge in [-0.15, -0.1) is 0 Å². The van der Waals surface area contributed by atoms with Crippen molar-refractivity contribution in [3.8, 4) is 0 Å². The standard InChI is InChI=1S/C11H12ClF2N/c12-9-4-2-1-3-8(9)10-7-11(13,14)5-6-15-10/h1-4,10,15H,5-7H2. The minimum Gasteiger partial charge on any atom is -0.309 e. The van der Waals surface area contributed by atoms with Crippen LogP contribution in [0.15, 0.2) is 24.3 Å². The van der Waals surface area contributed by atoms with Crippen LogP contribution < -0.4 is 5.32 Å². The van der Waals surface area contributed by atoms with Gasteiger partial charge in [0.2, 0.25) is 0 Å². The molecule has 1 unspecified atom stereocenters. The average Bonchev–Trinajstić information content (AvgIpc) is 2.17. The molecule has 4 heteroatoms. The molecule has 2 rings (SSSR count). The van der Waals surface area contributed by atoms with Gasteiger partial charge in [0.05, 0.1) is 0 Å². The minimum absolute atomic E-state index is 0.0893. The molecular formula is C11H12ClF2N. The Morgan fingerprint density at radius 3 is 2.73 bits per heavy atom. The highest BCUT2D eigenvalue weighted by atomic mass is 35.5. The topological polar surface area (TPSA) is 12.0 Å². The predicted octanol–water partition coefficient (Wildman–Crippen LogP) is 3.40. The molecule has 1 aliphatic heterocycles. The summed E-state index contributed by atoms with van der Waals surface area (Å²) in [6.45, 7) is 0.336. The maximum absolute atomic E-state index is 13.2. The van der Waals surface area contributed by atoms with E-state index < -0.39 is 5.92 Å². The Balaban J connectivity index is 2.21. The third-order valence-electron chi connectivity index (χ3n) is 2.66. The first-order valence-corrected chi connectivity index (χ1v) is 5.32. The monoisotopic (exact) mass is 231 g/mol. The molecule has 0 bridgehead atoms. The van der Waals surface area contributed by atoms with Crippen molar-refractivity contribution in [2.45, 2.75) is 24.8 Å². The van der Waals surface area contributed by atoms with Crippen molar-refractivity contribution in [2.75, 3.05) is 6.54 Å². The quantitative estimate of drug-likeness (QED) is 0.781. The second-order valence-electron chi connectivity index (χ2n) is 3.84. The number of hydrogen-bond donors (Lipinski definition) is 1. The molecule has 0 saturated carbocycles. The Bertz CT molecular complexity index is 354. The Morgan fingerprint density at radius 1 is 1.33 bits per heavy atom. The first-order chi connectivity index (χ1) is 7.08. The summed E-state index contributed by atoms with van der Waals surface area (Å²) in [4.78, 5) is 0. The molecule has 1 aliphatic rings. The van der Waals surface area contributed by atoms with Gasteiger partial charge in [0.1, 0.15) is 0 Å². The van der Waals surface area contributed by atoms with Gasteiger partial charge in [-0.05, 0) is 11.6 Å². The molecule has 15 heavy (non-hydrogen) atoms. The first kappa shape index (κ1) is 10.8. The Labute approximate surface area is 92.4 Å². The van der Waals surface area contributed by atoms with Crippen LogP contribution in [0.4, 0.5) is 8.78 Å². The highest BCUT2D eigenvalue weighted by molar-refractivity contribution is 6.31. The van der Waals surface area contributed by atoms with Crippen molar-refractivity contribution in [3.05, 3.63) is 34.9 Å². The normalized spacial score (nSPS) is 25.1. The molecule has 82 valence electrons. The molecule has 0 aliphatic carbocycles. The van der Waals surface area contributed by atoms with Crippen molar-refractivity contribution in [3.63, 3.8) is 0 Å². The minimum atomic E-state index is -2.57. The molecule has 1 nitrogen and oxygen atoms in total. The summed E-state index contributed by atoms with van der Waals surface area (Å²) in [6.07, 6.45) is -0.259. The van der Waals surface area contributed by atoms with Crippen LogP contribution in [0.1, 0.15) is 24.4 Å². The molecule has 1 aromatic carbocycles. The third kappa shape index (κ3) is 2.47. The molecule has 1 atom stereocenters. The summed E-state index contributed by atoms with van der Waals surface area (Å²) < 4.78 is 26.4. The zero-order valence-electron chi connectivity index (χ0n) is 8.14. The van der Waals surface area contributed by atoms with E-state index in [1.165, 1.54) is 0 Å². The van der Waals surface area contributed by atoms with Crippen LogP contribution in [0.3, 0.4) is 0 Å². The van der Waals surface area contributed by atoms with Crippen LogP contribution in [0.2, 0.25) is 5.02 Å². The number of benzene rings is 1. The van der Waals surface area contributed by atoms with Gasteiger partial charge in [-0.3, -0.25) is 0 Å². The number of piperidine rings is 1. The molecule has 1 aromatic rings. The number of alkyl halides is 2. The Hall–Kier alpha value is -0.670. The van der Waals surface area contributed by atoms with Crippen LogP contribution in [0.5, 0.6) is 0 Å². The van der Waals surface area contributed by atoms with Crippen molar-refractivity contribution >= 4 is 11.6 Å². The van der Waals surface area contributed by atoms with E-state index in [9.17, 15) is 8.78 Å². The summed E-state index contributed by atoms with van der Waals surface area (Å²) in [7, 11) is 0. The summed E-state index contributed by atoms with van der Waals surface area (Å²) in [5.41, 5.74) is 0.763. The Kier molecular flexibility index (Phi) is 2.94. The van der Waals surface area contributed by atoms with Crippen LogP contribution in [-0.2, 0) is 0 Å². The molecular weight excluding hydrogens is 220 g/mol. The highest BCUT2D eigenvalue weighted by Gasteiger charge is 2.37. The van der Waals surface area contributed by atoms with Crippen LogP contribution in [-0.4, -0.2) is 12.5 Å². The lowest BCUT2D eigenvalue weighted by molar-refractivity contribution is -0.0415. The second-order valence-corrected chi connectivity index (χ2v) is 4.25. The molecule has 1 N–H and O–H groups in total. The van der Waals surface area contributed by atoms with E-state index in [1.807, 2.05) is 6.07 Å². The van der Waals surface area contributed by atoms with Gasteiger partial charge in [-0.1, -0.05) is 29.8 Å². The van der Waals surface area contributed by atoms with E-state index in [0.717, 1.165) is 5.56 Å². The smallest absolute Gasteiger partial charge is 0.251 e.